The molecule has 1 aromatic carbocycles. The van der Waals surface area contributed by atoms with Gasteiger partial charge in [0.05, 0.1) is 28.2 Å². The lowest BCUT2D eigenvalue weighted by molar-refractivity contribution is -0.137. The van der Waals surface area contributed by atoms with E-state index in [0.717, 1.165) is 31.5 Å². The maximum Gasteiger partial charge on any atom is 0.416 e. The van der Waals surface area contributed by atoms with Crippen molar-refractivity contribution in [2.75, 3.05) is 19.6 Å². The number of piperidine rings is 1. The standard InChI is InChI=1S/C22H27F3N4O2/c1-14-7-4-5-11-28(14)12-10-26-21(31)20(30)19-15(2)27-29(16(19)3)18-9-6-8-17(13-18)22(23,24)25/h6,8-9,13-14H,4-5,7,10-12H2,1-3H3,(H,26,31). The van der Waals surface area contributed by atoms with E-state index in [1.54, 1.807) is 13.8 Å². The van der Waals surface area contributed by atoms with Crippen LogP contribution in [0.15, 0.2) is 24.3 Å². The van der Waals surface area contributed by atoms with Crippen LogP contribution in [-0.2, 0) is 11.0 Å². The van der Waals surface area contributed by atoms with Gasteiger partial charge in [-0.25, -0.2) is 4.68 Å². The van der Waals surface area contributed by atoms with Gasteiger partial charge < -0.3 is 5.32 Å². The largest absolute Gasteiger partial charge is 0.416 e. The van der Waals surface area contributed by atoms with Crippen LogP contribution < -0.4 is 5.32 Å². The Hall–Kier alpha value is -2.68. The minimum atomic E-state index is -4.49. The van der Waals surface area contributed by atoms with Crippen molar-refractivity contribution in [3.05, 3.63) is 46.8 Å². The molecular weight excluding hydrogens is 409 g/mol. The van der Waals surface area contributed by atoms with Crippen LogP contribution in [0.25, 0.3) is 5.69 Å². The molecule has 1 amide bonds. The van der Waals surface area contributed by atoms with Crippen molar-refractivity contribution >= 4 is 11.7 Å². The molecule has 0 spiro atoms. The Labute approximate surface area is 179 Å². The summed E-state index contributed by atoms with van der Waals surface area (Å²) in [5.41, 5.74) is 0.0895. The Kier molecular flexibility index (Phi) is 6.83. The quantitative estimate of drug-likeness (QED) is 0.554. The van der Waals surface area contributed by atoms with Crippen LogP contribution in [0.2, 0.25) is 0 Å². The van der Waals surface area contributed by atoms with Crippen molar-refractivity contribution in [1.29, 1.82) is 0 Å². The van der Waals surface area contributed by atoms with Crippen molar-refractivity contribution in [2.24, 2.45) is 0 Å². The lowest BCUT2D eigenvalue weighted by Crippen LogP contribution is -2.43. The van der Waals surface area contributed by atoms with Crippen LogP contribution in [0.3, 0.4) is 0 Å². The van der Waals surface area contributed by atoms with Gasteiger partial charge in [-0.3, -0.25) is 14.5 Å². The van der Waals surface area contributed by atoms with Crippen molar-refractivity contribution in [1.82, 2.24) is 20.0 Å². The van der Waals surface area contributed by atoms with Crippen LogP contribution >= 0.6 is 0 Å². The van der Waals surface area contributed by atoms with Crippen LogP contribution in [0.5, 0.6) is 0 Å². The number of aryl methyl sites for hydroxylation is 1. The highest BCUT2D eigenvalue weighted by molar-refractivity contribution is 6.43. The Balaban J connectivity index is 1.72. The number of ketones is 1. The average molecular weight is 436 g/mol. The van der Waals surface area contributed by atoms with Crippen molar-refractivity contribution in [3.63, 3.8) is 0 Å². The molecule has 1 aliphatic heterocycles. The van der Waals surface area contributed by atoms with Crippen LogP contribution in [0, 0.1) is 13.8 Å². The molecule has 31 heavy (non-hydrogen) atoms. The van der Waals surface area contributed by atoms with E-state index < -0.39 is 23.4 Å². The van der Waals surface area contributed by atoms with Gasteiger partial charge in [0.15, 0.2) is 0 Å². The summed E-state index contributed by atoms with van der Waals surface area (Å²) in [6, 6.07) is 5.15. The number of amides is 1. The number of halogens is 3. The molecular formula is C22H27F3N4O2. The zero-order chi connectivity index (χ0) is 22.8. The molecule has 1 saturated heterocycles. The van der Waals surface area contributed by atoms with Crippen molar-refractivity contribution < 1.29 is 22.8 Å². The molecule has 1 aromatic heterocycles. The fourth-order valence-electron chi connectivity index (χ4n) is 4.03. The topological polar surface area (TPSA) is 67.2 Å². The Bertz CT molecular complexity index is 968. The summed E-state index contributed by atoms with van der Waals surface area (Å²) >= 11 is 0. The van der Waals surface area contributed by atoms with E-state index in [1.807, 2.05) is 0 Å². The van der Waals surface area contributed by atoms with Crippen LogP contribution in [-0.4, -0.2) is 52.0 Å². The number of nitrogens with one attached hydrogen (secondary N) is 1. The number of Topliss-reactive ketones (excluding diaryl/α,β-unsaturated/α-hetero) is 1. The normalized spacial score (nSPS) is 17.5. The van der Waals surface area contributed by atoms with Crippen LogP contribution in [0.1, 0.15) is 53.5 Å². The summed E-state index contributed by atoms with van der Waals surface area (Å²) in [6.07, 6.45) is -1.03. The predicted molar refractivity (Wildman–Crippen MR) is 110 cm³/mol. The van der Waals surface area contributed by atoms with Crippen molar-refractivity contribution in [2.45, 2.75) is 52.3 Å². The second kappa shape index (κ2) is 9.21. The first kappa shape index (κ1) is 23.0. The van der Waals surface area contributed by atoms with E-state index in [2.05, 4.69) is 22.2 Å². The van der Waals surface area contributed by atoms with Gasteiger partial charge in [0, 0.05) is 19.1 Å². The maximum atomic E-state index is 13.0. The highest BCUT2D eigenvalue weighted by atomic mass is 19.4. The number of carbonyl (C=O) groups is 2. The van der Waals surface area contributed by atoms with Crippen molar-refractivity contribution in [3.8, 4) is 5.69 Å². The summed E-state index contributed by atoms with van der Waals surface area (Å²) in [6.45, 7) is 7.29. The molecule has 1 unspecified atom stereocenters. The third kappa shape index (κ3) is 5.15. The first-order chi connectivity index (χ1) is 14.6. The molecule has 0 bridgehead atoms. The first-order valence-electron chi connectivity index (χ1n) is 10.4. The number of hydrogen-bond donors (Lipinski definition) is 1. The average Bonchev–Trinajstić information content (AvgIpc) is 3.02. The van der Waals surface area contributed by atoms with E-state index in [4.69, 9.17) is 0 Å². The number of benzene rings is 1. The third-order valence-electron chi connectivity index (χ3n) is 5.77. The van der Waals surface area contributed by atoms with Gasteiger partial charge in [0.2, 0.25) is 0 Å². The van der Waals surface area contributed by atoms with E-state index >= 15 is 0 Å². The van der Waals surface area contributed by atoms with Gasteiger partial charge in [0.1, 0.15) is 0 Å². The lowest BCUT2D eigenvalue weighted by Gasteiger charge is -2.33. The number of carbonyl (C=O) groups excluding carboxylic acids is 2. The highest BCUT2D eigenvalue weighted by Gasteiger charge is 2.31. The minimum Gasteiger partial charge on any atom is -0.348 e. The number of aromatic nitrogens is 2. The predicted octanol–water partition coefficient (Wildman–Crippen LogP) is 3.68. The summed E-state index contributed by atoms with van der Waals surface area (Å²) in [7, 11) is 0. The molecule has 9 heteroatoms. The zero-order valence-corrected chi connectivity index (χ0v) is 17.9. The molecule has 0 aliphatic carbocycles. The number of alkyl halides is 3. The van der Waals surface area contributed by atoms with Gasteiger partial charge in [-0.2, -0.15) is 18.3 Å². The molecule has 6 nitrogen and oxygen atoms in total. The molecule has 0 radical (unpaired) electrons. The van der Waals surface area contributed by atoms with Gasteiger partial charge in [-0.05, 0) is 58.4 Å². The van der Waals surface area contributed by atoms with Gasteiger partial charge in [-0.1, -0.05) is 12.5 Å². The summed E-state index contributed by atoms with van der Waals surface area (Å²) in [4.78, 5) is 27.5. The fourth-order valence-corrected chi connectivity index (χ4v) is 4.03. The first-order valence-corrected chi connectivity index (χ1v) is 10.4. The molecule has 1 aliphatic rings. The number of likely N-dealkylation sites (tertiary alicyclic amines) is 1. The Morgan fingerprint density at radius 1 is 1.23 bits per heavy atom. The Morgan fingerprint density at radius 3 is 2.65 bits per heavy atom. The monoisotopic (exact) mass is 436 g/mol. The van der Waals surface area contributed by atoms with E-state index in [9.17, 15) is 22.8 Å². The second-order valence-electron chi connectivity index (χ2n) is 7.97. The smallest absolute Gasteiger partial charge is 0.348 e. The van der Waals surface area contributed by atoms with Gasteiger partial charge in [0.25, 0.3) is 11.7 Å². The summed E-state index contributed by atoms with van der Waals surface area (Å²) in [5, 5.41) is 6.88. The highest BCUT2D eigenvalue weighted by Crippen LogP contribution is 2.31. The Morgan fingerprint density at radius 2 is 1.97 bits per heavy atom. The SMILES string of the molecule is Cc1nn(-c2cccc(C(F)(F)F)c2)c(C)c1C(=O)C(=O)NCCN1CCCCC1C. The molecule has 1 N–H and O–H groups in total. The van der Waals surface area contributed by atoms with E-state index in [1.165, 1.54) is 23.2 Å². The molecule has 2 heterocycles. The van der Waals surface area contributed by atoms with Gasteiger partial charge in [-0.15, -0.1) is 0 Å². The molecule has 1 fully saturated rings. The summed E-state index contributed by atoms with van der Waals surface area (Å²) < 4.78 is 40.4. The minimum absolute atomic E-state index is 0.112. The summed E-state index contributed by atoms with van der Waals surface area (Å²) in [5.74, 6) is -1.47. The molecule has 0 saturated carbocycles. The second-order valence-corrected chi connectivity index (χ2v) is 7.97. The van der Waals surface area contributed by atoms with E-state index in [0.29, 0.717) is 30.5 Å². The van der Waals surface area contributed by atoms with Gasteiger partial charge >= 0.3 is 6.18 Å². The number of hydrogen-bond acceptors (Lipinski definition) is 4. The number of rotatable bonds is 6. The molecule has 2 aromatic rings. The molecule has 3 rings (SSSR count). The molecule has 1 atom stereocenters. The number of nitrogens with zero attached hydrogens (tertiary/aromatic N) is 3. The van der Waals surface area contributed by atoms with E-state index in [-0.39, 0.29) is 11.3 Å². The zero-order valence-electron chi connectivity index (χ0n) is 17.9. The third-order valence-corrected chi connectivity index (χ3v) is 5.77. The fraction of sp³-hybridized carbons (Fsp3) is 0.500. The van der Waals surface area contributed by atoms with Crippen LogP contribution in [0.4, 0.5) is 13.2 Å². The lowest BCUT2D eigenvalue weighted by atomic mass is 10.0. The molecule has 168 valence electrons. The maximum absolute atomic E-state index is 13.0.